The van der Waals surface area contributed by atoms with Crippen molar-refractivity contribution in [3.8, 4) is 16.9 Å². The number of pyridine rings is 1. The highest BCUT2D eigenvalue weighted by atomic mass is 19.1. The summed E-state index contributed by atoms with van der Waals surface area (Å²) in [5.41, 5.74) is 8.89. The van der Waals surface area contributed by atoms with E-state index in [4.69, 9.17) is 20.3 Å². The van der Waals surface area contributed by atoms with Crippen molar-refractivity contribution in [1.29, 1.82) is 0 Å². The predicted molar refractivity (Wildman–Crippen MR) is 116 cm³/mol. The number of carbonyl (C=O) groups is 2. The molecule has 3 aromatic rings. The molecule has 0 aliphatic rings. The molecule has 0 fully saturated rings. The molecule has 2 aromatic carbocycles. The van der Waals surface area contributed by atoms with Gasteiger partial charge >= 0.3 is 5.97 Å². The molecule has 0 amide bonds. The lowest BCUT2D eigenvalue weighted by Gasteiger charge is -2.13. The lowest BCUT2D eigenvalue weighted by atomic mass is 9.94. The normalized spacial score (nSPS) is 10.6. The van der Waals surface area contributed by atoms with Crippen molar-refractivity contribution >= 4 is 11.8 Å². The molecular formula is C24H23FN2O5. The van der Waals surface area contributed by atoms with E-state index in [2.05, 4.69) is 4.98 Å². The molecule has 0 aliphatic heterocycles. The Balaban J connectivity index is 1.82. The number of benzene rings is 2. The first-order valence-electron chi connectivity index (χ1n) is 9.96. The maximum absolute atomic E-state index is 13.9. The van der Waals surface area contributed by atoms with Crippen LogP contribution in [0.1, 0.15) is 21.5 Å². The van der Waals surface area contributed by atoms with Crippen LogP contribution in [0.3, 0.4) is 0 Å². The number of carbonyl (C=O) groups excluding carboxylic acids is 2. The highest BCUT2D eigenvalue weighted by molar-refractivity contribution is 5.98. The van der Waals surface area contributed by atoms with Gasteiger partial charge in [-0.1, -0.05) is 24.3 Å². The van der Waals surface area contributed by atoms with Crippen LogP contribution in [0.25, 0.3) is 11.1 Å². The number of nitrogens with zero attached hydrogens (tertiary/aromatic N) is 1. The van der Waals surface area contributed by atoms with Gasteiger partial charge in [0.15, 0.2) is 12.4 Å². The Labute approximate surface area is 184 Å². The number of aromatic nitrogens is 1. The number of nitrogens with two attached hydrogens (primary N) is 1. The second-order valence-electron chi connectivity index (χ2n) is 6.90. The summed E-state index contributed by atoms with van der Waals surface area (Å²) >= 11 is 0. The minimum Gasteiger partial charge on any atom is -0.482 e. The van der Waals surface area contributed by atoms with Crippen molar-refractivity contribution in [3.05, 3.63) is 83.4 Å². The third kappa shape index (κ3) is 5.96. The summed E-state index contributed by atoms with van der Waals surface area (Å²) in [6.45, 7) is -0.400. The number of ketones is 1. The Morgan fingerprint density at radius 3 is 2.69 bits per heavy atom. The Hall–Kier alpha value is -3.62. The fourth-order valence-corrected chi connectivity index (χ4v) is 3.12. The Bertz CT molecular complexity index is 1100. The fraction of sp³-hybridized carbons (Fsp3) is 0.208. The standard InChI is InChI=1S/C24H23FN2O5/c25-22-14-27-7-6-17(22)12-23(29)18-4-5-19(13-26)21(11-18)16-2-1-3-20(10-16)32-15-24(30)31-9-8-28/h1-7,10-11,14,28H,8-9,12-13,15,26H2. The van der Waals surface area contributed by atoms with Crippen LogP contribution in [-0.2, 0) is 22.5 Å². The maximum atomic E-state index is 13.9. The summed E-state index contributed by atoms with van der Waals surface area (Å²) in [6.07, 6.45) is 2.44. The number of ether oxygens (including phenoxy) is 2. The van der Waals surface area contributed by atoms with Gasteiger partial charge in [0.25, 0.3) is 0 Å². The van der Waals surface area contributed by atoms with Gasteiger partial charge in [-0.3, -0.25) is 9.78 Å². The molecule has 3 N–H and O–H groups in total. The van der Waals surface area contributed by atoms with Gasteiger partial charge in [0.05, 0.1) is 12.8 Å². The lowest BCUT2D eigenvalue weighted by molar-refractivity contribution is -0.146. The largest absolute Gasteiger partial charge is 0.482 e. The summed E-state index contributed by atoms with van der Waals surface area (Å²) in [4.78, 5) is 28.0. The molecule has 0 atom stereocenters. The number of esters is 1. The molecule has 0 bridgehead atoms. The van der Waals surface area contributed by atoms with Crippen LogP contribution in [0.15, 0.2) is 60.9 Å². The van der Waals surface area contributed by atoms with Crippen LogP contribution in [0, 0.1) is 5.82 Å². The molecule has 1 aromatic heterocycles. The van der Waals surface area contributed by atoms with Gasteiger partial charge in [0.1, 0.15) is 18.2 Å². The first kappa shape index (κ1) is 23.1. The lowest BCUT2D eigenvalue weighted by Crippen LogP contribution is -2.16. The van der Waals surface area contributed by atoms with Crippen molar-refractivity contribution < 1.29 is 28.6 Å². The van der Waals surface area contributed by atoms with Crippen LogP contribution in [0.2, 0.25) is 0 Å². The van der Waals surface area contributed by atoms with E-state index >= 15 is 0 Å². The van der Waals surface area contributed by atoms with Crippen molar-refractivity contribution in [2.45, 2.75) is 13.0 Å². The minimum absolute atomic E-state index is 0.0884. The van der Waals surface area contributed by atoms with Crippen LogP contribution < -0.4 is 10.5 Å². The van der Waals surface area contributed by atoms with Crippen molar-refractivity contribution in [3.63, 3.8) is 0 Å². The monoisotopic (exact) mass is 438 g/mol. The highest BCUT2D eigenvalue weighted by Crippen LogP contribution is 2.28. The zero-order valence-corrected chi connectivity index (χ0v) is 17.3. The molecule has 1 heterocycles. The van der Waals surface area contributed by atoms with Crippen molar-refractivity contribution in [1.82, 2.24) is 4.98 Å². The summed E-state index contributed by atoms with van der Waals surface area (Å²) in [7, 11) is 0. The Kier molecular flexibility index (Phi) is 8.02. The van der Waals surface area contributed by atoms with Crippen LogP contribution in [-0.4, -0.2) is 41.7 Å². The molecule has 0 saturated carbocycles. The molecule has 0 aliphatic carbocycles. The van der Waals surface area contributed by atoms with E-state index in [0.29, 0.717) is 11.3 Å². The number of hydrogen-bond acceptors (Lipinski definition) is 7. The van der Waals surface area contributed by atoms with E-state index < -0.39 is 11.8 Å². The SMILES string of the molecule is NCc1ccc(C(=O)Cc2ccncc2F)cc1-c1cccc(OCC(=O)OCCO)c1. The van der Waals surface area contributed by atoms with Crippen LogP contribution >= 0.6 is 0 Å². The number of aliphatic hydroxyl groups is 1. The third-order valence-corrected chi connectivity index (χ3v) is 4.72. The molecule has 0 unspecified atom stereocenters. The molecule has 0 spiro atoms. The topological polar surface area (TPSA) is 112 Å². The van der Waals surface area contributed by atoms with Gasteiger partial charge in [-0.15, -0.1) is 0 Å². The molecule has 0 radical (unpaired) electrons. The average Bonchev–Trinajstić information content (AvgIpc) is 2.82. The van der Waals surface area contributed by atoms with Crippen LogP contribution in [0.5, 0.6) is 5.75 Å². The number of aliphatic hydroxyl groups excluding tert-OH is 1. The Morgan fingerprint density at radius 1 is 1.09 bits per heavy atom. The fourth-order valence-electron chi connectivity index (χ4n) is 3.12. The Morgan fingerprint density at radius 2 is 1.94 bits per heavy atom. The van der Waals surface area contributed by atoms with E-state index in [9.17, 15) is 14.0 Å². The van der Waals surface area contributed by atoms with Gasteiger partial charge in [0, 0.05) is 24.7 Å². The van der Waals surface area contributed by atoms with Gasteiger partial charge in [-0.25, -0.2) is 9.18 Å². The van der Waals surface area contributed by atoms with Crippen molar-refractivity contribution in [2.24, 2.45) is 5.73 Å². The summed E-state index contributed by atoms with van der Waals surface area (Å²) < 4.78 is 24.1. The predicted octanol–water partition coefficient (Wildman–Crippen LogP) is 2.69. The first-order valence-corrected chi connectivity index (χ1v) is 9.96. The van der Waals surface area contributed by atoms with Gasteiger partial charge in [0.2, 0.25) is 0 Å². The van der Waals surface area contributed by atoms with E-state index in [-0.39, 0.29) is 44.1 Å². The van der Waals surface area contributed by atoms with Crippen molar-refractivity contribution in [2.75, 3.05) is 19.8 Å². The van der Waals surface area contributed by atoms with Crippen LogP contribution in [0.4, 0.5) is 4.39 Å². The average molecular weight is 438 g/mol. The van der Waals surface area contributed by atoms with E-state index in [1.165, 1.54) is 12.3 Å². The number of rotatable bonds is 10. The number of hydrogen-bond donors (Lipinski definition) is 2. The molecule has 0 saturated heterocycles. The summed E-state index contributed by atoms with van der Waals surface area (Å²) in [5, 5.41) is 8.70. The molecule has 166 valence electrons. The molecular weight excluding hydrogens is 415 g/mol. The molecule has 32 heavy (non-hydrogen) atoms. The number of halogens is 1. The maximum Gasteiger partial charge on any atom is 0.344 e. The molecule has 7 nitrogen and oxygen atoms in total. The second kappa shape index (κ2) is 11.1. The first-order chi connectivity index (χ1) is 15.5. The summed E-state index contributed by atoms with van der Waals surface area (Å²) in [5.74, 6) is -0.925. The van der Waals surface area contributed by atoms with E-state index in [0.717, 1.165) is 22.9 Å². The quantitative estimate of drug-likeness (QED) is 0.370. The third-order valence-electron chi connectivity index (χ3n) is 4.72. The smallest absolute Gasteiger partial charge is 0.344 e. The van der Waals surface area contributed by atoms with Gasteiger partial charge < -0.3 is 20.3 Å². The van der Waals surface area contributed by atoms with E-state index in [1.54, 1.807) is 36.4 Å². The highest BCUT2D eigenvalue weighted by Gasteiger charge is 2.14. The van der Waals surface area contributed by atoms with Gasteiger partial charge in [-0.05, 0) is 46.5 Å². The zero-order valence-electron chi connectivity index (χ0n) is 17.3. The molecule has 3 rings (SSSR count). The second-order valence-corrected chi connectivity index (χ2v) is 6.90. The number of Topliss-reactive ketones (excluding diaryl/α,β-unsaturated/α-hetero) is 1. The van der Waals surface area contributed by atoms with Gasteiger partial charge in [-0.2, -0.15) is 0 Å². The summed E-state index contributed by atoms with van der Waals surface area (Å²) in [6, 6.07) is 13.6. The minimum atomic E-state index is -0.594. The zero-order chi connectivity index (χ0) is 22.9. The van der Waals surface area contributed by atoms with E-state index in [1.807, 2.05) is 6.07 Å². The molecule has 8 heteroatoms.